The topological polar surface area (TPSA) is 40.7 Å². The minimum absolute atomic E-state index is 0.462. The summed E-state index contributed by atoms with van der Waals surface area (Å²) in [6.07, 6.45) is 1.84. The average Bonchev–Trinajstić information content (AvgIpc) is 2.83. The molecule has 0 aliphatic rings. The van der Waals surface area contributed by atoms with Crippen LogP contribution < -0.4 is 5.32 Å². The number of halogens is 1. The van der Waals surface area contributed by atoms with Gasteiger partial charge in [0.15, 0.2) is 0 Å². The normalized spacial score (nSPS) is 11.2. The van der Waals surface area contributed by atoms with Gasteiger partial charge in [-0.05, 0) is 6.07 Å². The van der Waals surface area contributed by atoms with E-state index in [9.17, 15) is 0 Å². The van der Waals surface area contributed by atoms with E-state index in [1.54, 1.807) is 0 Å². The Hall–Kier alpha value is -0.840. The molecule has 86 valence electrons. The third-order valence-electron chi connectivity index (χ3n) is 2.18. The van der Waals surface area contributed by atoms with Crippen LogP contribution in [0.3, 0.4) is 0 Å². The summed E-state index contributed by atoms with van der Waals surface area (Å²) in [5.74, 6) is 0.950. The van der Waals surface area contributed by atoms with E-state index in [-0.39, 0.29) is 0 Å². The number of hydrogen-bond acceptors (Lipinski definition) is 3. The van der Waals surface area contributed by atoms with E-state index in [0.29, 0.717) is 6.04 Å². The van der Waals surface area contributed by atoms with Crippen LogP contribution in [0.25, 0.3) is 11.3 Å². The zero-order chi connectivity index (χ0) is 11.5. The Morgan fingerprint density at radius 1 is 1.56 bits per heavy atom. The molecule has 0 atom stereocenters. The number of nitrogens with one attached hydrogen (secondary N) is 2. The number of nitrogens with zero attached hydrogens (tertiary/aromatic N) is 1. The van der Waals surface area contributed by atoms with E-state index in [0.717, 1.165) is 28.0 Å². The highest BCUT2D eigenvalue weighted by atomic mass is 35.5. The van der Waals surface area contributed by atoms with Gasteiger partial charge in [-0.25, -0.2) is 4.98 Å². The van der Waals surface area contributed by atoms with Gasteiger partial charge >= 0.3 is 0 Å². The second-order valence-electron chi connectivity index (χ2n) is 3.92. The number of thiophene rings is 1. The standard InChI is InChI=1S/C11H14ClN3S/c1-7(2)13-5-11-14-4-9(15-11)8-3-10(12)16-6-8/h3-4,6-7,13H,5H2,1-2H3,(H,14,15). The molecule has 2 aromatic heterocycles. The molecule has 0 saturated carbocycles. The van der Waals surface area contributed by atoms with Gasteiger partial charge in [-0.15, -0.1) is 11.3 Å². The van der Waals surface area contributed by atoms with Gasteiger partial charge in [0.25, 0.3) is 0 Å². The largest absolute Gasteiger partial charge is 0.341 e. The maximum Gasteiger partial charge on any atom is 0.120 e. The quantitative estimate of drug-likeness (QED) is 0.880. The minimum atomic E-state index is 0.462. The van der Waals surface area contributed by atoms with Crippen molar-refractivity contribution in [2.75, 3.05) is 0 Å². The molecule has 2 rings (SSSR count). The van der Waals surface area contributed by atoms with Crippen molar-refractivity contribution in [2.45, 2.75) is 26.4 Å². The first-order valence-corrected chi connectivity index (χ1v) is 6.42. The second kappa shape index (κ2) is 4.99. The zero-order valence-electron chi connectivity index (χ0n) is 9.25. The highest BCUT2D eigenvalue weighted by molar-refractivity contribution is 7.14. The lowest BCUT2D eigenvalue weighted by molar-refractivity contribution is 0.575. The lowest BCUT2D eigenvalue weighted by atomic mass is 10.3. The van der Waals surface area contributed by atoms with E-state index in [2.05, 4.69) is 29.1 Å². The van der Waals surface area contributed by atoms with Crippen molar-refractivity contribution in [2.24, 2.45) is 0 Å². The van der Waals surface area contributed by atoms with Gasteiger partial charge in [-0.2, -0.15) is 0 Å². The summed E-state index contributed by atoms with van der Waals surface area (Å²) in [5, 5.41) is 5.34. The van der Waals surface area contributed by atoms with Gasteiger partial charge in [0.05, 0.1) is 22.8 Å². The Balaban J connectivity index is 2.07. The average molecular weight is 256 g/mol. The monoisotopic (exact) mass is 255 g/mol. The summed E-state index contributed by atoms with van der Waals surface area (Å²) < 4.78 is 0.798. The van der Waals surface area contributed by atoms with Crippen LogP contribution >= 0.6 is 22.9 Å². The van der Waals surface area contributed by atoms with Crippen LogP contribution in [0.5, 0.6) is 0 Å². The fourth-order valence-corrected chi connectivity index (χ4v) is 2.23. The zero-order valence-corrected chi connectivity index (χ0v) is 10.8. The van der Waals surface area contributed by atoms with E-state index in [1.165, 1.54) is 11.3 Å². The fraction of sp³-hybridized carbons (Fsp3) is 0.364. The van der Waals surface area contributed by atoms with Crippen molar-refractivity contribution < 1.29 is 0 Å². The fourth-order valence-electron chi connectivity index (χ4n) is 1.35. The summed E-state index contributed by atoms with van der Waals surface area (Å²) >= 11 is 7.42. The molecular formula is C11H14ClN3S. The number of rotatable bonds is 4. The molecule has 0 fully saturated rings. The van der Waals surface area contributed by atoms with Crippen molar-refractivity contribution in [1.29, 1.82) is 0 Å². The number of aromatic amines is 1. The Morgan fingerprint density at radius 2 is 2.38 bits per heavy atom. The molecule has 0 saturated heterocycles. The van der Waals surface area contributed by atoms with Crippen molar-refractivity contribution in [1.82, 2.24) is 15.3 Å². The van der Waals surface area contributed by atoms with Crippen LogP contribution in [0, 0.1) is 0 Å². The maximum atomic E-state index is 5.89. The number of hydrogen-bond donors (Lipinski definition) is 2. The molecule has 0 bridgehead atoms. The van der Waals surface area contributed by atoms with Crippen LogP contribution in [-0.2, 0) is 6.54 Å². The number of imidazole rings is 1. The Morgan fingerprint density at radius 3 is 3.00 bits per heavy atom. The second-order valence-corrected chi connectivity index (χ2v) is 5.46. The van der Waals surface area contributed by atoms with Crippen molar-refractivity contribution in [3.05, 3.63) is 27.8 Å². The Bertz CT molecular complexity index is 461. The Labute approximate surface area is 104 Å². The summed E-state index contributed by atoms with van der Waals surface area (Å²) in [5.41, 5.74) is 2.11. The molecule has 2 heterocycles. The molecule has 2 aromatic rings. The first-order chi connectivity index (χ1) is 7.65. The predicted molar refractivity (Wildman–Crippen MR) is 68.9 cm³/mol. The summed E-state index contributed by atoms with van der Waals surface area (Å²) in [6.45, 7) is 4.99. The lowest BCUT2D eigenvalue weighted by Crippen LogP contribution is -2.22. The predicted octanol–water partition coefficient (Wildman–Crippen LogP) is 3.29. The van der Waals surface area contributed by atoms with Crippen molar-refractivity contribution >= 4 is 22.9 Å². The summed E-state index contributed by atoms with van der Waals surface area (Å²) in [4.78, 5) is 7.59. The van der Waals surface area contributed by atoms with Gasteiger partial charge in [0.2, 0.25) is 0 Å². The van der Waals surface area contributed by atoms with Crippen LogP contribution in [0.15, 0.2) is 17.6 Å². The summed E-state index contributed by atoms with van der Waals surface area (Å²) in [6, 6.07) is 2.41. The van der Waals surface area contributed by atoms with Crippen molar-refractivity contribution in [3.63, 3.8) is 0 Å². The van der Waals surface area contributed by atoms with Crippen molar-refractivity contribution in [3.8, 4) is 11.3 Å². The van der Waals surface area contributed by atoms with Gasteiger partial charge in [0, 0.05) is 17.0 Å². The van der Waals surface area contributed by atoms with Gasteiger partial charge in [-0.1, -0.05) is 25.4 Å². The highest BCUT2D eigenvalue weighted by Crippen LogP contribution is 2.27. The van der Waals surface area contributed by atoms with Gasteiger partial charge < -0.3 is 10.3 Å². The molecule has 2 N–H and O–H groups in total. The third kappa shape index (κ3) is 2.84. The molecule has 16 heavy (non-hydrogen) atoms. The SMILES string of the molecule is CC(C)NCc1ncc(-c2csc(Cl)c2)[nH]1. The molecule has 5 heteroatoms. The molecule has 0 aliphatic heterocycles. The van der Waals surface area contributed by atoms with Crippen LogP contribution in [-0.4, -0.2) is 16.0 Å². The molecule has 0 unspecified atom stereocenters. The summed E-state index contributed by atoms with van der Waals surface area (Å²) in [7, 11) is 0. The first-order valence-electron chi connectivity index (χ1n) is 5.17. The molecule has 0 aliphatic carbocycles. The molecule has 0 aromatic carbocycles. The molecular weight excluding hydrogens is 242 g/mol. The van der Waals surface area contributed by atoms with Crippen LogP contribution in [0.1, 0.15) is 19.7 Å². The third-order valence-corrected chi connectivity index (χ3v) is 3.28. The number of aromatic nitrogens is 2. The minimum Gasteiger partial charge on any atom is -0.341 e. The highest BCUT2D eigenvalue weighted by Gasteiger charge is 2.05. The smallest absolute Gasteiger partial charge is 0.120 e. The number of H-pyrrole nitrogens is 1. The van der Waals surface area contributed by atoms with E-state index in [1.807, 2.05) is 17.6 Å². The molecule has 0 spiro atoms. The van der Waals surface area contributed by atoms with Crippen LogP contribution in [0.2, 0.25) is 4.34 Å². The van der Waals surface area contributed by atoms with Gasteiger partial charge in [0.1, 0.15) is 5.82 Å². The van der Waals surface area contributed by atoms with E-state index >= 15 is 0 Å². The van der Waals surface area contributed by atoms with E-state index < -0.39 is 0 Å². The maximum absolute atomic E-state index is 5.89. The Kier molecular flexibility index (Phi) is 3.63. The van der Waals surface area contributed by atoms with E-state index in [4.69, 9.17) is 11.6 Å². The lowest BCUT2D eigenvalue weighted by Gasteiger charge is -2.04. The van der Waals surface area contributed by atoms with Gasteiger partial charge in [-0.3, -0.25) is 0 Å². The first kappa shape index (κ1) is 11.6. The molecule has 0 radical (unpaired) electrons. The molecule has 0 amide bonds. The molecule has 3 nitrogen and oxygen atoms in total. The van der Waals surface area contributed by atoms with Crippen LogP contribution in [0.4, 0.5) is 0 Å².